The fourth-order valence-electron chi connectivity index (χ4n) is 2.31. The molecule has 0 aromatic carbocycles. The van der Waals surface area contributed by atoms with E-state index in [1.165, 1.54) is 12.8 Å². The van der Waals surface area contributed by atoms with Gasteiger partial charge < -0.3 is 4.43 Å². The molecular formula is C13H26OSi. The van der Waals surface area contributed by atoms with Gasteiger partial charge in [-0.3, -0.25) is 0 Å². The Bertz CT molecular complexity index is 227. The van der Waals surface area contributed by atoms with Crippen molar-refractivity contribution in [1.82, 2.24) is 0 Å². The Labute approximate surface area is 96.0 Å². The molecule has 0 amide bonds. The Hall–Kier alpha value is -0.0831. The van der Waals surface area contributed by atoms with Crippen molar-refractivity contribution in [3.63, 3.8) is 0 Å². The smallest absolute Gasteiger partial charge is 0.184 e. The van der Waals surface area contributed by atoms with Gasteiger partial charge >= 0.3 is 0 Å². The average Bonchev–Trinajstić information content (AvgIpc) is 2.07. The van der Waals surface area contributed by atoms with E-state index in [1.54, 1.807) is 0 Å². The number of hydrogen-bond donors (Lipinski definition) is 0. The van der Waals surface area contributed by atoms with Crippen LogP contribution in [0.25, 0.3) is 0 Å². The molecule has 0 N–H and O–H groups in total. The molecule has 0 heterocycles. The van der Waals surface area contributed by atoms with Gasteiger partial charge in [0.2, 0.25) is 0 Å². The van der Waals surface area contributed by atoms with Crippen molar-refractivity contribution >= 4 is 8.32 Å². The fraction of sp³-hybridized carbons (Fsp3) is 0.846. The van der Waals surface area contributed by atoms with E-state index in [4.69, 9.17) is 4.43 Å². The lowest BCUT2D eigenvalue weighted by molar-refractivity contribution is 0.0306. The van der Waals surface area contributed by atoms with Gasteiger partial charge in [-0.25, -0.2) is 0 Å². The van der Waals surface area contributed by atoms with Crippen molar-refractivity contribution in [2.45, 2.75) is 64.8 Å². The molecule has 0 aliphatic heterocycles. The lowest BCUT2D eigenvalue weighted by Gasteiger charge is -2.44. The maximum Gasteiger partial charge on any atom is 0.184 e. The van der Waals surface area contributed by atoms with Crippen molar-refractivity contribution < 1.29 is 4.43 Å². The first-order valence-electron chi connectivity index (χ1n) is 6.02. The summed E-state index contributed by atoms with van der Waals surface area (Å²) in [6.45, 7) is 15.5. The maximum atomic E-state index is 6.33. The Morgan fingerprint density at radius 3 is 1.87 bits per heavy atom. The molecule has 1 aliphatic carbocycles. The van der Waals surface area contributed by atoms with Crippen LogP contribution in [0, 0.1) is 5.41 Å². The predicted octanol–water partition coefficient (Wildman–Crippen LogP) is 4.36. The zero-order valence-corrected chi connectivity index (χ0v) is 12.0. The fourth-order valence-corrected chi connectivity index (χ4v) is 3.81. The van der Waals surface area contributed by atoms with E-state index >= 15 is 0 Å². The van der Waals surface area contributed by atoms with Gasteiger partial charge in [0.05, 0.1) is 5.60 Å². The molecule has 2 heteroatoms. The molecule has 1 rings (SSSR count). The highest BCUT2D eigenvalue weighted by Gasteiger charge is 2.39. The lowest BCUT2D eigenvalue weighted by atomic mass is 9.71. The van der Waals surface area contributed by atoms with Gasteiger partial charge in [-0.1, -0.05) is 19.9 Å². The van der Waals surface area contributed by atoms with Gasteiger partial charge in [-0.05, 0) is 50.7 Å². The minimum Gasteiger partial charge on any atom is -0.409 e. The maximum absolute atomic E-state index is 6.33. The third-order valence-electron chi connectivity index (χ3n) is 3.33. The van der Waals surface area contributed by atoms with E-state index in [0.29, 0.717) is 5.41 Å². The summed E-state index contributed by atoms with van der Waals surface area (Å²) in [7, 11) is -1.46. The van der Waals surface area contributed by atoms with Crippen LogP contribution in [-0.4, -0.2) is 13.9 Å². The second kappa shape index (κ2) is 4.06. The molecule has 1 fully saturated rings. The van der Waals surface area contributed by atoms with Crippen LogP contribution in [0.1, 0.15) is 39.5 Å². The van der Waals surface area contributed by atoms with Crippen LogP contribution in [-0.2, 0) is 4.43 Å². The second-order valence-electron chi connectivity index (χ2n) is 6.65. The lowest BCUT2D eigenvalue weighted by Crippen LogP contribution is -2.45. The van der Waals surface area contributed by atoms with E-state index in [9.17, 15) is 0 Å². The zero-order valence-electron chi connectivity index (χ0n) is 11.0. The van der Waals surface area contributed by atoms with E-state index in [2.05, 4.69) is 46.1 Å². The summed E-state index contributed by atoms with van der Waals surface area (Å²) in [5.41, 5.74) is 0.481. The Balaban J connectivity index is 2.69. The van der Waals surface area contributed by atoms with Crippen LogP contribution < -0.4 is 0 Å². The Morgan fingerprint density at radius 2 is 1.53 bits per heavy atom. The highest BCUT2D eigenvalue weighted by molar-refractivity contribution is 6.69. The Morgan fingerprint density at radius 1 is 1.07 bits per heavy atom. The molecule has 0 atom stereocenters. The summed E-state index contributed by atoms with van der Waals surface area (Å²) >= 11 is 0. The third-order valence-corrected chi connectivity index (χ3v) is 4.35. The summed E-state index contributed by atoms with van der Waals surface area (Å²) in [6.07, 6.45) is 6.86. The van der Waals surface area contributed by atoms with Crippen molar-refractivity contribution in [3.05, 3.63) is 12.7 Å². The van der Waals surface area contributed by atoms with Crippen LogP contribution in [0.3, 0.4) is 0 Å². The van der Waals surface area contributed by atoms with Gasteiger partial charge in [0.1, 0.15) is 0 Å². The molecule has 88 valence electrons. The molecule has 0 unspecified atom stereocenters. The minimum absolute atomic E-state index is 0.0139. The van der Waals surface area contributed by atoms with Gasteiger partial charge in [0, 0.05) is 0 Å². The molecule has 0 radical (unpaired) electrons. The molecule has 0 aromatic rings. The van der Waals surface area contributed by atoms with Crippen molar-refractivity contribution in [2.24, 2.45) is 5.41 Å². The molecule has 0 spiro atoms. The summed E-state index contributed by atoms with van der Waals surface area (Å²) in [5.74, 6) is 0. The molecule has 0 saturated heterocycles. The van der Waals surface area contributed by atoms with Crippen molar-refractivity contribution in [1.29, 1.82) is 0 Å². The number of rotatable bonds is 3. The molecule has 15 heavy (non-hydrogen) atoms. The topological polar surface area (TPSA) is 9.23 Å². The zero-order chi connectivity index (χ0) is 11.7. The van der Waals surface area contributed by atoms with Crippen LogP contribution in [0.15, 0.2) is 12.7 Å². The normalized spacial score (nSPS) is 24.9. The summed E-state index contributed by atoms with van der Waals surface area (Å²) < 4.78 is 6.33. The third kappa shape index (κ3) is 3.76. The highest BCUT2D eigenvalue weighted by atomic mass is 28.4. The Kier molecular flexibility index (Phi) is 3.51. The minimum atomic E-state index is -1.46. The summed E-state index contributed by atoms with van der Waals surface area (Å²) in [5, 5.41) is 0. The molecule has 1 nitrogen and oxygen atoms in total. The predicted molar refractivity (Wildman–Crippen MR) is 69.6 cm³/mol. The number of hydrogen-bond acceptors (Lipinski definition) is 1. The second-order valence-corrected chi connectivity index (χ2v) is 11.1. The van der Waals surface area contributed by atoms with Crippen LogP contribution in [0.5, 0.6) is 0 Å². The summed E-state index contributed by atoms with van der Waals surface area (Å²) in [6, 6.07) is 0. The molecule has 0 aromatic heterocycles. The average molecular weight is 226 g/mol. The first-order valence-corrected chi connectivity index (χ1v) is 9.43. The van der Waals surface area contributed by atoms with Crippen molar-refractivity contribution in [3.8, 4) is 0 Å². The van der Waals surface area contributed by atoms with E-state index in [1.807, 2.05) is 0 Å². The van der Waals surface area contributed by atoms with Gasteiger partial charge in [0.15, 0.2) is 8.32 Å². The van der Waals surface area contributed by atoms with Crippen LogP contribution in [0.4, 0.5) is 0 Å². The standard InChI is InChI=1S/C13H26OSi/c1-7-13(14-15(4,5)6)10-8-12(2,3)9-11-13/h7H,1,8-11H2,2-6H3. The van der Waals surface area contributed by atoms with Gasteiger partial charge in [0.25, 0.3) is 0 Å². The van der Waals surface area contributed by atoms with Crippen molar-refractivity contribution in [2.75, 3.05) is 0 Å². The van der Waals surface area contributed by atoms with Gasteiger partial charge in [-0.2, -0.15) is 0 Å². The van der Waals surface area contributed by atoms with Gasteiger partial charge in [-0.15, -0.1) is 6.58 Å². The largest absolute Gasteiger partial charge is 0.409 e. The van der Waals surface area contributed by atoms with E-state index in [0.717, 1.165) is 12.8 Å². The SMILES string of the molecule is C=CC1(O[Si](C)(C)C)CCC(C)(C)CC1. The first kappa shape index (κ1) is 13.0. The molecular weight excluding hydrogens is 200 g/mol. The first-order chi connectivity index (χ1) is 6.68. The monoisotopic (exact) mass is 226 g/mol. The highest BCUT2D eigenvalue weighted by Crippen LogP contribution is 2.43. The van der Waals surface area contributed by atoms with Crippen LogP contribution >= 0.6 is 0 Å². The molecule has 0 bridgehead atoms. The molecule has 1 aliphatic rings. The quantitative estimate of drug-likeness (QED) is 0.513. The molecule has 1 saturated carbocycles. The van der Waals surface area contributed by atoms with E-state index < -0.39 is 8.32 Å². The van der Waals surface area contributed by atoms with Crippen LogP contribution in [0.2, 0.25) is 19.6 Å². The summed E-state index contributed by atoms with van der Waals surface area (Å²) in [4.78, 5) is 0. The van der Waals surface area contributed by atoms with E-state index in [-0.39, 0.29) is 5.60 Å².